The second-order valence-electron chi connectivity index (χ2n) is 6.43. The fraction of sp³-hybridized carbons (Fsp3) is 0.211. The molecular formula is C19H17ClN4O5S. The van der Waals surface area contributed by atoms with Gasteiger partial charge in [0.2, 0.25) is 10.0 Å². The molecule has 1 saturated heterocycles. The van der Waals surface area contributed by atoms with Crippen molar-refractivity contribution < 1.29 is 22.5 Å². The molecule has 2 aromatic heterocycles. The van der Waals surface area contributed by atoms with E-state index >= 15 is 0 Å². The molecule has 30 heavy (non-hydrogen) atoms. The Morgan fingerprint density at radius 3 is 2.70 bits per heavy atom. The van der Waals surface area contributed by atoms with Gasteiger partial charge in [-0.15, -0.1) is 0 Å². The maximum Gasteiger partial charge on any atom is 0.277 e. The Morgan fingerprint density at radius 2 is 1.97 bits per heavy atom. The minimum Gasteiger partial charge on any atom is -0.379 e. The fourth-order valence-corrected chi connectivity index (χ4v) is 4.84. The predicted molar refractivity (Wildman–Crippen MR) is 109 cm³/mol. The number of hydrogen-bond acceptors (Lipinski definition) is 7. The van der Waals surface area contributed by atoms with Gasteiger partial charge in [-0.05, 0) is 30.3 Å². The summed E-state index contributed by atoms with van der Waals surface area (Å²) in [5, 5.41) is 6.46. The van der Waals surface area contributed by atoms with Gasteiger partial charge in [0.25, 0.3) is 5.91 Å². The zero-order chi connectivity index (χ0) is 21.1. The van der Waals surface area contributed by atoms with E-state index in [0.717, 1.165) is 0 Å². The number of pyridine rings is 1. The van der Waals surface area contributed by atoms with Crippen molar-refractivity contribution in [2.45, 2.75) is 4.90 Å². The van der Waals surface area contributed by atoms with Gasteiger partial charge in [-0.25, -0.2) is 8.42 Å². The number of halogens is 1. The summed E-state index contributed by atoms with van der Waals surface area (Å²) >= 11 is 6.14. The van der Waals surface area contributed by atoms with Gasteiger partial charge in [0, 0.05) is 42.8 Å². The number of rotatable bonds is 5. The number of sulfonamides is 1. The predicted octanol–water partition coefficient (Wildman–Crippen LogP) is 2.66. The van der Waals surface area contributed by atoms with E-state index in [-0.39, 0.29) is 34.4 Å². The van der Waals surface area contributed by atoms with Crippen molar-refractivity contribution in [1.82, 2.24) is 14.4 Å². The van der Waals surface area contributed by atoms with E-state index in [1.54, 1.807) is 24.5 Å². The maximum atomic E-state index is 12.9. The second kappa shape index (κ2) is 8.52. The molecule has 0 bridgehead atoms. The highest BCUT2D eigenvalue weighted by molar-refractivity contribution is 7.89. The normalized spacial score (nSPS) is 15.1. The first-order valence-corrected chi connectivity index (χ1v) is 10.8. The number of anilines is 1. The molecule has 0 atom stereocenters. The molecule has 1 amide bonds. The number of carbonyl (C=O) groups excluding carboxylic acids is 1. The van der Waals surface area contributed by atoms with E-state index in [2.05, 4.69) is 15.5 Å². The van der Waals surface area contributed by atoms with Crippen molar-refractivity contribution in [2.75, 3.05) is 31.6 Å². The molecule has 11 heteroatoms. The zero-order valence-electron chi connectivity index (χ0n) is 15.6. The quantitative estimate of drug-likeness (QED) is 0.638. The summed E-state index contributed by atoms with van der Waals surface area (Å²) in [6.07, 6.45) is 3.21. The standard InChI is InChI=1S/C19H17ClN4O5S/c20-15-4-3-14(10-18(15)30(26,27)24-6-8-28-9-7-24)22-19(25)16-11-17(29-23-16)13-2-1-5-21-12-13/h1-5,10-12H,6-9H2,(H,22,25). The second-order valence-corrected chi connectivity index (χ2v) is 8.75. The summed E-state index contributed by atoms with van der Waals surface area (Å²) in [7, 11) is -3.82. The number of hydrogen-bond donors (Lipinski definition) is 1. The molecule has 1 fully saturated rings. The fourth-order valence-electron chi connectivity index (χ4n) is 2.93. The average molecular weight is 449 g/mol. The van der Waals surface area contributed by atoms with Crippen LogP contribution >= 0.6 is 11.6 Å². The minimum atomic E-state index is -3.82. The molecule has 1 aromatic carbocycles. The molecule has 0 radical (unpaired) electrons. The highest BCUT2D eigenvalue weighted by Crippen LogP contribution is 2.28. The molecule has 4 rings (SSSR count). The molecule has 0 unspecified atom stereocenters. The number of ether oxygens (including phenoxy) is 1. The number of nitrogens with zero attached hydrogens (tertiary/aromatic N) is 3. The SMILES string of the molecule is O=C(Nc1ccc(Cl)c(S(=O)(=O)N2CCOCC2)c1)c1cc(-c2cccnc2)on1. The van der Waals surface area contributed by atoms with Crippen LogP contribution in [0.15, 0.2) is 58.2 Å². The minimum absolute atomic E-state index is 0.0430. The molecule has 0 spiro atoms. The third-order valence-corrected chi connectivity index (χ3v) is 6.85. The third-order valence-electron chi connectivity index (χ3n) is 4.47. The topological polar surface area (TPSA) is 115 Å². The lowest BCUT2D eigenvalue weighted by atomic mass is 10.2. The lowest BCUT2D eigenvalue weighted by Gasteiger charge is -2.26. The molecule has 1 aliphatic rings. The molecule has 3 aromatic rings. The van der Waals surface area contributed by atoms with Crippen LogP contribution in [0.2, 0.25) is 5.02 Å². The van der Waals surface area contributed by atoms with Crippen LogP contribution < -0.4 is 5.32 Å². The monoisotopic (exact) mass is 448 g/mol. The van der Waals surface area contributed by atoms with E-state index in [1.807, 2.05) is 0 Å². The van der Waals surface area contributed by atoms with Crippen LogP contribution in [-0.2, 0) is 14.8 Å². The number of aromatic nitrogens is 2. The van der Waals surface area contributed by atoms with Crippen LogP contribution in [0.3, 0.4) is 0 Å². The molecule has 156 valence electrons. The Bertz CT molecular complexity index is 1160. The number of benzene rings is 1. The average Bonchev–Trinajstić information content (AvgIpc) is 3.27. The molecular weight excluding hydrogens is 432 g/mol. The largest absolute Gasteiger partial charge is 0.379 e. The number of amides is 1. The van der Waals surface area contributed by atoms with Crippen molar-refractivity contribution in [1.29, 1.82) is 0 Å². The van der Waals surface area contributed by atoms with Gasteiger partial charge >= 0.3 is 0 Å². The van der Waals surface area contributed by atoms with Gasteiger partial charge in [0.1, 0.15) is 4.90 Å². The van der Waals surface area contributed by atoms with Gasteiger partial charge < -0.3 is 14.6 Å². The lowest BCUT2D eigenvalue weighted by molar-refractivity contribution is 0.0730. The molecule has 3 heterocycles. The van der Waals surface area contributed by atoms with Gasteiger partial charge in [0.05, 0.1) is 18.2 Å². The third kappa shape index (κ3) is 4.21. The van der Waals surface area contributed by atoms with Crippen molar-refractivity contribution in [2.24, 2.45) is 0 Å². The Kier molecular flexibility index (Phi) is 5.82. The first-order chi connectivity index (χ1) is 14.4. The highest BCUT2D eigenvalue weighted by Gasteiger charge is 2.29. The number of morpholine rings is 1. The van der Waals surface area contributed by atoms with Crippen molar-refractivity contribution in [3.63, 3.8) is 0 Å². The smallest absolute Gasteiger partial charge is 0.277 e. The van der Waals surface area contributed by atoms with Crippen LogP contribution in [0.5, 0.6) is 0 Å². The molecule has 9 nitrogen and oxygen atoms in total. The Morgan fingerprint density at radius 1 is 1.17 bits per heavy atom. The van der Waals surface area contributed by atoms with Crippen LogP contribution in [0.1, 0.15) is 10.5 Å². The van der Waals surface area contributed by atoms with Gasteiger partial charge in [-0.1, -0.05) is 16.8 Å². The zero-order valence-corrected chi connectivity index (χ0v) is 17.2. The van der Waals surface area contributed by atoms with Crippen LogP contribution in [-0.4, -0.2) is 55.1 Å². The van der Waals surface area contributed by atoms with Crippen LogP contribution in [0, 0.1) is 0 Å². The highest BCUT2D eigenvalue weighted by atomic mass is 35.5. The Labute approximate surface area is 177 Å². The summed E-state index contributed by atoms with van der Waals surface area (Å²) in [6.45, 7) is 1.12. The Hall–Kier alpha value is -2.79. The van der Waals surface area contributed by atoms with E-state index < -0.39 is 15.9 Å². The molecule has 1 N–H and O–H groups in total. The van der Waals surface area contributed by atoms with Crippen molar-refractivity contribution >= 4 is 33.2 Å². The van der Waals surface area contributed by atoms with E-state index in [1.165, 1.54) is 28.6 Å². The Balaban J connectivity index is 1.55. The first-order valence-electron chi connectivity index (χ1n) is 9.01. The molecule has 0 aliphatic carbocycles. The number of carbonyl (C=O) groups is 1. The van der Waals surface area contributed by atoms with Crippen molar-refractivity contribution in [3.05, 3.63) is 59.5 Å². The summed E-state index contributed by atoms with van der Waals surface area (Å²) in [6, 6.07) is 9.26. The summed E-state index contributed by atoms with van der Waals surface area (Å²) in [5.74, 6) is -0.161. The van der Waals surface area contributed by atoms with E-state index in [0.29, 0.717) is 24.5 Å². The summed E-state index contributed by atoms with van der Waals surface area (Å²) in [4.78, 5) is 16.5. The van der Waals surface area contributed by atoms with Crippen LogP contribution in [0.4, 0.5) is 5.69 Å². The summed E-state index contributed by atoms with van der Waals surface area (Å²) in [5.41, 5.74) is 0.984. The first kappa shape index (κ1) is 20.5. The molecule has 0 saturated carbocycles. The van der Waals surface area contributed by atoms with E-state index in [9.17, 15) is 13.2 Å². The van der Waals surface area contributed by atoms with Gasteiger partial charge in [-0.3, -0.25) is 9.78 Å². The van der Waals surface area contributed by atoms with E-state index in [4.69, 9.17) is 20.9 Å². The number of nitrogens with one attached hydrogen (secondary N) is 1. The van der Waals surface area contributed by atoms with Gasteiger partial charge in [-0.2, -0.15) is 4.31 Å². The van der Waals surface area contributed by atoms with Gasteiger partial charge in [0.15, 0.2) is 11.5 Å². The van der Waals surface area contributed by atoms with Crippen LogP contribution in [0.25, 0.3) is 11.3 Å². The lowest BCUT2D eigenvalue weighted by Crippen LogP contribution is -2.40. The maximum absolute atomic E-state index is 12.9. The van der Waals surface area contributed by atoms with Crippen molar-refractivity contribution in [3.8, 4) is 11.3 Å². The molecule has 1 aliphatic heterocycles. The summed E-state index contributed by atoms with van der Waals surface area (Å²) < 4.78 is 37.5.